The first-order valence-electron chi connectivity index (χ1n) is 10.5. The topological polar surface area (TPSA) is 139 Å². The largest absolute Gasteiger partial charge is 0.383 e. The van der Waals surface area contributed by atoms with E-state index in [9.17, 15) is 14.4 Å². The van der Waals surface area contributed by atoms with Crippen molar-refractivity contribution in [3.05, 3.63) is 81.0 Å². The molecule has 11 heteroatoms. The van der Waals surface area contributed by atoms with Gasteiger partial charge >= 0.3 is 5.69 Å². The maximum Gasteiger partial charge on any atom is 0.330 e. The number of aromatic amines is 2. The van der Waals surface area contributed by atoms with Crippen LogP contribution in [0.15, 0.2) is 69.3 Å². The van der Waals surface area contributed by atoms with Crippen LogP contribution in [0.25, 0.3) is 11.0 Å². The molecule has 0 aliphatic heterocycles. The summed E-state index contributed by atoms with van der Waals surface area (Å²) >= 11 is 1.21. The van der Waals surface area contributed by atoms with Gasteiger partial charge in [-0.05, 0) is 17.7 Å². The first-order chi connectivity index (χ1) is 16.5. The van der Waals surface area contributed by atoms with Crippen LogP contribution >= 0.6 is 11.8 Å². The molecule has 0 fully saturated rings. The van der Waals surface area contributed by atoms with Crippen LogP contribution in [0.2, 0.25) is 0 Å². The fourth-order valence-electron chi connectivity index (χ4n) is 3.51. The van der Waals surface area contributed by atoms with Gasteiger partial charge < -0.3 is 20.4 Å². The maximum atomic E-state index is 13.2. The summed E-state index contributed by atoms with van der Waals surface area (Å²) < 4.78 is 6.38. The van der Waals surface area contributed by atoms with E-state index in [1.165, 1.54) is 28.3 Å². The smallest absolute Gasteiger partial charge is 0.330 e. The molecule has 2 aromatic heterocycles. The zero-order chi connectivity index (χ0) is 24.1. The van der Waals surface area contributed by atoms with Crippen LogP contribution in [-0.4, -0.2) is 51.4 Å². The van der Waals surface area contributed by atoms with E-state index in [1.54, 1.807) is 0 Å². The number of hydrogen-bond donors (Lipinski definition) is 3. The number of imidazole rings is 1. The molecule has 10 nitrogen and oxygen atoms in total. The number of H-pyrrole nitrogens is 2. The number of methoxy groups -OCH3 is 1. The van der Waals surface area contributed by atoms with Crippen molar-refractivity contribution in [2.24, 2.45) is 0 Å². The zero-order valence-electron chi connectivity index (χ0n) is 18.5. The molecule has 2 aromatic carbocycles. The van der Waals surface area contributed by atoms with Gasteiger partial charge in [0.2, 0.25) is 5.91 Å². The molecule has 4 rings (SSSR count). The average molecular weight is 481 g/mol. The highest BCUT2D eigenvalue weighted by atomic mass is 32.2. The molecule has 0 unspecified atom stereocenters. The molecule has 4 N–H and O–H groups in total. The van der Waals surface area contributed by atoms with Gasteiger partial charge in [-0.2, -0.15) is 0 Å². The second-order valence-corrected chi connectivity index (χ2v) is 8.41. The van der Waals surface area contributed by atoms with Gasteiger partial charge in [0, 0.05) is 13.7 Å². The number of benzene rings is 2. The minimum absolute atomic E-state index is 0.000226. The highest BCUT2D eigenvalue weighted by Gasteiger charge is 2.24. The Hall–Kier alpha value is -3.83. The number of amides is 1. The van der Waals surface area contributed by atoms with Gasteiger partial charge in [-0.25, -0.2) is 9.78 Å². The summed E-state index contributed by atoms with van der Waals surface area (Å²) in [5.41, 5.74) is 7.31. The van der Waals surface area contributed by atoms with Crippen LogP contribution in [-0.2, 0) is 16.1 Å². The van der Waals surface area contributed by atoms with Gasteiger partial charge in [-0.15, -0.1) is 0 Å². The van der Waals surface area contributed by atoms with Crippen molar-refractivity contribution in [1.82, 2.24) is 19.5 Å². The molecular formula is C23H24N6O4S. The normalized spacial score (nSPS) is 11.1. The van der Waals surface area contributed by atoms with Crippen LogP contribution in [0.5, 0.6) is 0 Å². The summed E-state index contributed by atoms with van der Waals surface area (Å²) in [7, 11) is 1.50. The van der Waals surface area contributed by atoms with Crippen LogP contribution in [0.1, 0.15) is 5.56 Å². The number of anilines is 2. The monoisotopic (exact) mass is 480 g/mol. The van der Waals surface area contributed by atoms with E-state index >= 15 is 0 Å². The molecule has 0 aliphatic rings. The van der Waals surface area contributed by atoms with Crippen molar-refractivity contribution < 1.29 is 9.53 Å². The van der Waals surface area contributed by atoms with Crippen molar-refractivity contribution in [3.8, 4) is 0 Å². The highest BCUT2D eigenvalue weighted by molar-refractivity contribution is 7.99. The Morgan fingerprint density at radius 2 is 1.85 bits per heavy atom. The van der Waals surface area contributed by atoms with E-state index in [2.05, 4.69) is 15.0 Å². The number of ether oxygens (including phenoxy) is 1. The summed E-state index contributed by atoms with van der Waals surface area (Å²) in [6, 6.07) is 16.8. The summed E-state index contributed by atoms with van der Waals surface area (Å²) in [6.07, 6.45) is 0. The standard InChI is InChI=1S/C23H24N6O4S/c1-33-12-11-28(18(30)14-34-22-25-16-9-5-6-10-17(16)26-22)19-20(24)29(23(32)27-21(19)31)13-15-7-3-2-4-8-15/h2-10H,11-14,24H2,1H3,(H,25,26)(H,27,31,32). The molecule has 2 heterocycles. The Labute approximate surface area is 198 Å². The quantitative estimate of drug-likeness (QED) is 0.311. The Morgan fingerprint density at radius 3 is 2.59 bits per heavy atom. The third-order valence-electron chi connectivity index (χ3n) is 5.19. The van der Waals surface area contributed by atoms with Gasteiger partial charge in [0.15, 0.2) is 10.8 Å². The van der Waals surface area contributed by atoms with Gasteiger partial charge in [-0.1, -0.05) is 54.2 Å². The number of thioether (sulfide) groups is 1. The number of para-hydroxylation sites is 2. The summed E-state index contributed by atoms with van der Waals surface area (Å²) in [5.74, 6) is -0.458. The maximum absolute atomic E-state index is 13.2. The van der Waals surface area contributed by atoms with Gasteiger partial charge in [-0.3, -0.25) is 19.1 Å². The summed E-state index contributed by atoms with van der Waals surface area (Å²) in [6.45, 7) is 0.417. The predicted octanol–water partition coefficient (Wildman–Crippen LogP) is 1.82. The Morgan fingerprint density at radius 1 is 1.12 bits per heavy atom. The molecule has 4 aromatic rings. The second-order valence-electron chi connectivity index (χ2n) is 7.45. The molecule has 0 atom stereocenters. The van der Waals surface area contributed by atoms with Crippen molar-refractivity contribution in [2.45, 2.75) is 11.7 Å². The third-order valence-corrected chi connectivity index (χ3v) is 6.05. The van der Waals surface area contributed by atoms with Crippen LogP contribution in [0.3, 0.4) is 0 Å². The first kappa shape index (κ1) is 23.3. The van der Waals surface area contributed by atoms with Crippen LogP contribution in [0, 0.1) is 0 Å². The molecule has 0 saturated heterocycles. The lowest BCUT2D eigenvalue weighted by Gasteiger charge is -2.24. The van der Waals surface area contributed by atoms with E-state index in [4.69, 9.17) is 10.5 Å². The summed E-state index contributed by atoms with van der Waals surface area (Å²) in [5, 5.41) is 0.581. The molecule has 176 valence electrons. The molecule has 0 spiro atoms. The average Bonchev–Trinajstić information content (AvgIpc) is 3.26. The fourth-order valence-corrected chi connectivity index (χ4v) is 4.27. The fraction of sp³-hybridized carbons (Fsp3) is 0.217. The predicted molar refractivity (Wildman–Crippen MR) is 132 cm³/mol. The van der Waals surface area contributed by atoms with Crippen molar-refractivity contribution in [1.29, 1.82) is 0 Å². The number of nitrogens with one attached hydrogen (secondary N) is 2. The van der Waals surface area contributed by atoms with Crippen LogP contribution in [0.4, 0.5) is 11.5 Å². The lowest BCUT2D eigenvalue weighted by Crippen LogP contribution is -2.43. The van der Waals surface area contributed by atoms with E-state index < -0.39 is 11.2 Å². The van der Waals surface area contributed by atoms with Crippen LogP contribution < -0.4 is 21.9 Å². The first-order valence-corrected chi connectivity index (χ1v) is 11.5. The van der Waals surface area contributed by atoms with E-state index in [0.29, 0.717) is 5.16 Å². The number of fused-ring (bicyclic) bond motifs is 1. The minimum Gasteiger partial charge on any atom is -0.383 e. The Balaban J connectivity index is 1.63. The van der Waals surface area contributed by atoms with Gasteiger partial charge in [0.25, 0.3) is 5.56 Å². The molecular weight excluding hydrogens is 456 g/mol. The molecule has 0 aliphatic carbocycles. The SMILES string of the molecule is COCCN(C(=O)CSc1nc2ccccc2[nH]1)c1c(N)n(Cc2ccccc2)c(=O)[nH]c1=O. The van der Waals surface area contributed by atoms with Gasteiger partial charge in [0.05, 0.1) is 29.9 Å². The minimum atomic E-state index is -0.731. The number of nitrogens with zero attached hydrogens (tertiary/aromatic N) is 3. The number of hydrogen-bond acceptors (Lipinski definition) is 7. The number of nitrogens with two attached hydrogens (primary N) is 1. The van der Waals surface area contributed by atoms with Crippen molar-refractivity contribution in [2.75, 3.05) is 36.6 Å². The molecule has 34 heavy (non-hydrogen) atoms. The number of rotatable bonds is 9. The number of carbonyl (C=O) groups excluding carboxylic acids is 1. The molecule has 0 saturated carbocycles. The second kappa shape index (κ2) is 10.4. The molecule has 1 amide bonds. The lowest BCUT2D eigenvalue weighted by molar-refractivity contribution is -0.116. The van der Waals surface area contributed by atoms with Crippen molar-refractivity contribution in [3.63, 3.8) is 0 Å². The lowest BCUT2D eigenvalue weighted by atomic mass is 10.2. The van der Waals surface area contributed by atoms with E-state index in [-0.39, 0.29) is 42.9 Å². The number of aromatic nitrogens is 4. The highest BCUT2D eigenvalue weighted by Crippen LogP contribution is 2.22. The van der Waals surface area contributed by atoms with Crippen molar-refractivity contribution >= 4 is 40.2 Å². The van der Waals surface area contributed by atoms with E-state index in [0.717, 1.165) is 16.6 Å². The zero-order valence-corrected chi connectivity index (χ0v) is 19.3. The number of carbonyl (C=O) groups is 1. The number of nitrogen functional groups attached to an aromatic ring is 1. The molecule has 0 bridgehead atoms. The van der Waals surface area contributed by atoms with E-state index in [1.807, 2.05) is 54.6 Å². The Bertz CT molecular complexity index is 1380. The summed E-state index contributed by atoms with van der Waals surface area (Å²) in [4.78, 5) is 49.6. The van der Waals surface area contributed by atoms with Gasteiger partial charge in [0.1, 0.15) is 5.82 Å². The third kappa shape index (κ3) is 5.05. The Kier molecular flexibility index (Phi) is 7.14. The molecule has 0 radical (unpaired) electrons.